The van der Waals surface area contributed by atoms with Gasteiger partial charge in [-0.2, -0.15) is 0 Å². The average Bonchev–Trinajstić information content (AvgIpc) is 2.81. The summed E-state index contributed by atoms with van der Waals surface area (Å²) >= 11 is 1.55. The highest BCUT2D eigenvalue weighted by Crippen LogP contribution is 2.25. The van der Waals surface area contributed by atoms with Gasteiger partial charge in [0.25, 0.3) is 0 Å². The Morgan fingerprint density at radius 1 is 1.21 bits per heavy atom. The number of hydrogen-bond donors (Lipinski definition) is 1. The topological polar surface area (TPSA) is 46.0 Å². The first kappa shape index (κ1) is 12.2. The summed E-state index contributed by atoms with van der Waals surface area (Å²) in [5.41, 5.74) is 1.39. The lowest BCUT2D eigenvalue weighted by atomic mass is 10.2. The van der Waals surface area contributed by atoms with Gasteiger partial charge in [-0.25, -0.2) is 9.37 Å². The minimum Gasteiger partial charge on any atom is -0.386 e. The molecule has 1 aromatic carbocycles. The molecular weight excluding hydrogens is 263 g/mol. The minimum absolute atomic E-state index is 0.387. The number of aliphatic hydroxyl groups is 1. The Bertz CT molecular complexity index is 663. The quantitative estimate of drug-likeness (QED) is 0.798. The number of halogens is 1. The van der Waals surface area contributed by atoms with Crippen LogP contribution in [0.15, 0.2) is 42.6 Å². The van der Waals surface area contributed by atoms with Gasteiger partial charge >= 0.3 is 0 Å². The van der Waals surface area contributed by atoms with Crippen molar-refractivity contribution in [2.24, 2.45) is 0 Å². The van der Waals surface area contributed by atoms with E-state index in [4.69, 9.17) is 0 Å². The third kappa shape index (κ3) is 2.62. The zero-order chi connectivity index (χ0) is 13.2. The highest BCUT2D eigenvalue weighted by Gasteiger charge is 2.13. The van der Waals surface area contributed by atoms with E-state index in [9.17, 15) is 9.50 Å². The number of hydrogen-bond acceptors (Lipinski definition) is 4. The van der Waals surface area contributed by atoms with Crippen LogP contribution in [0.3, 0.4) is 0 Å². The van der Waals surface area contributed by atoms with E-state index in [1.54, 1.807) is 11.3 Å². The van der Waals surface area contributed by atoms with Crippen LogP contribution in [0, 0.1) is 5.82 Å². The number of para-hydroxylation sites is 1. The maximum atomic E-state index is 12.8. The molecule has 5 heteroatoms. The molecule has 0 saturated heterocycles. The molecule has 2 heterocycles. The zero-order valence-electron chi connectivity index (χ0n) is 9.95. The molecule has 0 bridgehead atoms. The second-order valence-corrected chi connectivity index (χ2v) is 5.31. The van der Waals surface area contributed by atoms with E-state index in [0.717, 1.165) is 21.4 Å². The van der Waals surface area contributed by atoms with Gasteiger partial charge in [0.2, 0.25) is 0 Å². The summed E-state index contributed by atoms with van der Waals surface area (Å²) in [4.78, 5) is 8.33. The third-order valence-electron chi connectivity index (χ3n) is 2.80. The van der Waals surface area contributed by atoms with Crippen LogP contribution < -0.4 is 0 Å². The van der Waals surface area contributed by atoms with Gasteiger partial charge in [0, 0.05) is 6.42 Å². The molecule has 1 unspecified atom stereocenters. The molecule has 3 aromatic rings. The van der Waals surface area contributed by atoms with Gasteiger partial charge in [0.15, 0.2) is 0 Å². The first-order valence-electron chi connectivity index (χ1n) is 5.86. The Labute approximate surface area is 113 Å². The standard InChI is InChI=1S/C14H11FN2OS/c15-9-5-6-10(16-8-9)12(18)7-14-17-11-3-1-2-4-13(11)19-14/h1-6,8,12,18H,7H2. The monoisotopic (exact) mass is 274 g/mol. The number of aromatic nitrogens is 2. The van der Waals surface area contributed by atoms with Crippen LogP contribution in [0.1, 0.15) is 16.8 Å². The van der Waals surface area contributed by atoms with E-state index in [-0.39, 0.29) is 0 Å². The molecule has 3 rings (SSSR count). The van der Waals surface area contributed by atoms with Gasteiger partial charge in [0.05, 0.1) is 27.1 Å². The Hall–Kier alpha value is -1.85. The fourth-order valence-corrected chi connectivity index (χ4v) is 2.87. The second-order valence-electron chi connectivity index (χ2n) is 4.20. The SMILES string of the molecule is OC(Cc1nc2ccccc2s1)c1ccc(F)cn1. The van der Waals surface area contributed by atoms with Crippen molar-refractivity contribution in [3.63, 3.8) is 0 Å². The maximum absolute atomic E-state index is 12.8. The van der Waals surface area contributed by atoms with Crippen LogP contribution in [-0.4, -0.2) is 15.1 Å². The lowest BCUT2D eigenvalue weighted by molar-refractivity contribution is 0.173. The van der Waals surface area contributed by atoms with Crippen molar-refractivity contribution in [3.8, 4) is 0 Å². The fraction of sp³-hybridized carbons (Fsp3) is 0.143. The molecule has 0 saturated carbocycles. The maximum Gasteiger partial charge on any atom is 0.141 e. The van der Waals surface area contributed by atoms with E-state index in [0.29, 0.717) is 12.1 Å². The van der Waals surface area contributed by atoms with Crippen LogP contribution in [-0.2, 0) is 6.42 Å². The van der Waals surface area contributed by atoms with Crippen molar-refractivity contribution in [1.29, 1.82) is 0 Å². The molecule has 0 aliphatic rings. The van der Waals surface area contributed by atoms with Gasteiger partial charge in [0.1, 0.15) is 11.9 Å². The number of aliphatic hydroxyl groups excluding tert-OH is 1. The van der Waals surface area contributed by atoms with Crippen molar-refractivity contribution >= 4 is 21.6 Å². The van der Waals surface area contributed by atoms with Crippen LogP contribution in [0.2, 0.25) is 0 Å². The highest BCUT2D eigenvalue weighted by molar-refractivity contribution is 7.18. The number of pyridine rings is 1. The number of benzene rings is 1. The lowest BCUT2D eigenvalue weighted by Crippen LogP contribution is -2.03. The van der Waals surface area contributed by atoms with Gasteiger partial charge < -0.3 is 5.11 Å². The minimum atomic E-state index is -0.763. The average molecular weight is 274 g/mol. The Morgan fingerprint density at radius 3 is 2.79 bits per heavy atom. The summed E-state index contributed by atoms with van der Waals surface area (Å²) in [6, 6.07) is 10.6. The molecule has 3 nitrogen and oxygen atoms in total. The van der Waals surface area contributed by atoms with Crippen LogP contribution in [0.25, 0.3) is 10.2 Å². The summed E-state index contributed by atoms with van der Waals surface area (Å²) in [6.45, 7) is 0. The zero-order valence-corrected chi connectivity index (χ0v) is 10.8. The molecule has 0 radical (unpaired) electrons. The predicted molar refractivity (Wildman–Crippen MR) is 72.5 cm³/mol. The number of rotatable bonds is 3. The number of nitrogens with zero attached hydrogens (tertiary/aromatic N) is 2. The van der Waals surface area contributed by atoms with Crippen molar-refractivity contribution < 1.29 is 9.50 Å². The Balaban J connectivity index is 1.82. The van der Waals surface area contributed by atoms with E-state index in [1.807, 2.05) is 24.3 Å². The van der Waals surface area contributed by atoms with Gasteiger partial charge in [-0.1, -0.05) is 12.1 Å². The molecule has 0 aliphatic heterocycles. The largest absolute Gasteiger partial charge is 0.386 e. The smallest absolute Gasteiger partial charge is 0.141 e. The molecule has 1 N–H and O–H groups in total. The summed E-state index contributed by atoms with van der Waals surface area (Å²) in [6.07, 6.45) is 0.732. The Morgan fingerprint density at radius 2 is 2.05 bits per heavy atom. The molecular formula is C14H11FN2OS. The predicted octanol–water partition coefficient (Wildman–Crippen LogP) is 3.11. The molecule has 2 aromatic heterocycles. The normalized spacial score (nSPS) is 12.7. The molecule has 0 spiro atoms. The second kappa shape index (κ2) is 5.03. The van der Waals surface area contributed by atoms with E-state index in [2.05, 4.69) is 9.97 Å². The van der Waals surface area contributed by atoms with Crippen LogP contribution in [0.5, 0.6) is 0 Å². The van der Waals surface area contributed by atoms with Gasteiger partial charge in [-0.15, -0.1) is 11.3 Å². The van der Waals surface area contributed by atoms with Gasteiger partial charge in [-0.3, -0.25) is 4.98 Å². The molecule has 0 fully saturated rings. The molecule has 96 valence electrons. The van der Waals surface area contributed by atoms with E-state index >= 15 is 0 Å². The van der Waals surface area contributed by atoms with Gasteiger partial charge in [-0.05, 0) is 24.3 Å². The summed E-state index contributed by atoms with van der Waals surface area (Å²) in [5.74, 6) is -0.407. The van der Waals surface area contributed by atoms with Crippen LogP contribution in [0.4, 0.5) is 4.39 Å². The van der Waals surface area contributed by atoms with Crippen molar-refractivity contribution in [2.45, 2.75) is 12.5 Å². The highest BCUT2D eigenvalue weighted by atomic mass is 32.1. The molecule has 1 atom stereocenters. The molecule has 0 aliphatic carbocycles. The van der Waals surface area contributed by atoms with Crippen molar-refractivity contribution in [1.82, 2.24) is 9.97 Å². The van der Waals surface area contributed by atoms with Crippen LogP contribution >= 0.6 is 11.3 Å². The van der Waals surface area contributed by atoms with E-state index < -0.39 is 11.9 Å². The number of fused-ring (bicyclic) bond motifs is 1. The van der Waals surface area contributed by atoms with Crippen molar-refractivity contribution in [2.75, 3.05) is 0 Å². The first-order valence-corrected chi connectivity index (χ1v) is 6.68. The Kier molecular flexibility index (Phi) is 3.23. The number of thiazole rings is 1. The lowest BCUT2D eigenvalue weighted by Gasteiger charge is -2.07. The fourth-order valence-electron chi connectivity index (χ4n) is 1.86. The summed E-state index contributed by atoms with van der Waals surface area (Å²) < 4.78 is 13.9. The summed E-state index contributed by atoms with van der Waals surface area (Å²) in [5, 5.41) is 10.9. The molecule has 0 amide bonds. The van der Waals surface area contributed by atoms with E-state index in [1.165, 1.54) is 12.1 Å². The third-order valence-corrected chi connectivity index (χ3v) is 3.86. The summed E-state index contributed by atoms with van der Waals surface area (Å²) in [7, 11) is 0. The van der Waals surface area contributed by atoms with Crippen molar-refractivity contribution in [3.05, 3.63) is 59.1 Å². The first-order chi connectivity index (χ1) is 9.22. The molecule has 19 heavy (non-hydrogen) atoms.